The molecule has 0 aliphatic carbocycles. The van der Waals surface area contributed by atoms with Crippen molar-refractivity contribution in [2.75, 3.05) is 13.7 Å². The quantitative estimate of drug-likeness (QED) is 0.447. The van der Waals surface area contributed by atoms with Crippen molar-refractivity contribution in [3.8, 4) is 11.5 Å². The number of carbonyl (C=O) groups excluding carboxylic acids is 1. The zero-order valence-electron chi connectivity index (χ0n) is 10.2. The SMILES string of the molecule is CCOC(=O)C=C(C)Oc1cccc(OC)c1. The van der Waals surface area contributed by atoms with Crippen molar-refractivity contribution >= 4 is 5.97 Å². The lowest BCUT2D eigenvalue weighted by molar-refractivity contribution is -0.137. The molecule has 92 valence electrons. The van der Waals surface area contributed by atoms with Crippen LogP contribution in [0.25, 0.3) is 0 Å². The minimum Gasteiger partial charge on any atom is -0.497 e. The third-order valence-electron chi connectivity index (χ3n) is 1.93. The van der Waals surface area contributed by atoms with Crippen molar-refractivity contribution in [1.82, 2.24) is 0 Å². The fourth-order valence-electron chi connectivity index (χ4n) is 1.23. The second kappa shape index (κ2) is 6.58. The second-order valence-electron chi connectivity index (χ2n) is 3.29. The van der Waals surface area contributed by atoms with E-state index in [0.717, 1.165) is 0 Å². The molecule has 0 aromatic heterocycles. The number of carbonyl (C=O) groups is 1. The minimum absolute atomic E-state index is 0.349. The molecule has 17 heavy (non-hydrogen) atoms. The topological polar surface area (TPSA) is 44.8 Å². The van der Waals surface area contributed by atoms with Crippen LogP contribution in [0.2, 0.25) is 0 Å². The van der Waals surface area contributed by atoms with Crippen LogP contribution < -0.4 is 9.47 Å². The maximum absolute atomic E-state index is 11.2. The number of methoxy groups -OCH3 is 1. The van der Waals surface area contributed by atoms with Gasteiger partial charge < -0.3 is 14.2 Å². The van der Waals surface area contributed by atoms with E-state index < -0.39 is 5.97 Å². The summed E-state index contributed by atoms with van der Waals surface area (Å²) in [6.45, 7) is 3.79. The van der Waals surface area contributed by atoms with Crippen molar-refractivity contribution in [2.45, 2.75) is 13.8 Å². The average molecular weight is 236 g/mol. The van der Waals surface area contributed by atoms with Crippen molar-refractivity contribution < 1.29 is 19.0 Å². The first-order chi connectivity index (χ1) is 8.15. The molecule has 0 aliphatic heterocycles. The Balaban J connectivity index is 2.66. The largest absolute Gasteiger partial charge is 0.497 e. The van der Waals surface area contributed by atoms with E-state index in [4.69, 9.17) is 14.2 Å². The lowest BCUT2D eigenvalue weighted by Gasteiger charge is -2.07. The molecule has 4 heteroatoms. The Kier molecular flexibility index (Phi) is 5.07. The predicted molar refractivity (Wildman–Crippen MR) is 64.0 cm³/mol. The molecule has 0 saturated heterocycles. The summed E-state index contributed by atoms with van der Waals surface area (Å²) in [6, 6.07) is 7.15. The van der Waals surface area contributed by atoms with E-state index in [1.54, 1.807) is 33.1 Å². The molecular formula is C13H16O4. The van der Waals surface area contributed by atoms with Crippen LogP contribution in [0, 0.1) is 0 Å². The molecule has 0 amide bonds. The van der Waals surface area contributed by atoms with Crippen LogP contribution in [0.15, 0.2) is 36.1 Å². The van der Waals surface area contributed by atoms with E-state index in [-0.39, 0.29) is 0 Å². The zero-order chi connectivity index (χ0) is 12.7. The highest BCUT2D eigenvalue weighted by atomic mass is 16.5. The summed E-state index contributed by atoms with van der Waals surface area (Å²) in [7, 11) is 1.58. The molecule has 1 rings (SSSR count). The molecular weight excluding hydrogens is 220 g/mol. The molecule has 0 bridgehead atoms. The van der Waals surface area contributed by atoms with E-state index in [2.05, 4.69) is 0 Å². The Morgan fingerprint density at radius 1 is 1.35 bits per heavy atom. The van der Waals surface area contributed by atoms with Crippen LogP contribution in [-0.2, 0) is 9.53 Å². The van der Waals surface area contributed by atoms with E-state index in [1.165, 1.54) is 6.08 Å². The third-order valence-corrected chi connectivity index (χ3v) is 1.93. The van der Waals surface area contributed by atoms with Crippen LogP contribution in [0.5, 0.6) is 11.5 Å². The molecule has 0 radical (unpaired) electrons. The Bertz CT molecular complexity index is 410. The molecule has 0 N–H and O–H groups in total. The van der Waals surface area contributed by atoms with Crippen LogP contribution in [-0.4, -0.2) is 19.7 Å². The van der Waals surface area contributed by atoms with Crippen LogP contribution >= 0.6 is 0 Å². The molecule has 0 aliphatic rings. The molecule has 0 atom stereocenters. The van der Waals surface area contributed by atoms with E-state index >= 15 is 0 Å². The molecule has 0 heterocycles. The number of hydrogen-bond donors (Lipinski definition) is 0. The lowest BCUT2D eigenvalue weighted by Crippen LogP contribution is -2.02. The van der Waals surface area contributed by atoms with E-state index in [0.29, 0.717) is 23.9 Å². The number of ether oxygens (including phenoxy) is 3. The van der Waals surface area contributed by atoms with E-state index in [9.17, 15) is 4.79 Å². The van der Waals surface area contributed by atoms with Crippen molar-refractivity contribution in [2.24, 2.45) is 0 Å². The summed E-state index contributed by atoms with van der Waals surface area (Å²) in [4.78, 5) is 11.2. The number of allylic oxidation sites excluding steroid dienone is 1. The van der Waals surface area contributed by atoms with Crippen LogP contribution in [0.1, 0.15) is 13.8 Å². The number of benzene rings is 1. The van der Waals surface area contributed by atoms with Gasteiger partial charge >= 0.3 is 5.97 Å². The van der Waals surface area contributed by atoms with Gasteiger partial charge in [0.05, 0.1) is 19.8 Å². The first kappa shape index (κ1) is 13.1. The summed E-state index contributed by atoms with van der Waals surface area (Å²) in [5, 5.41) is 0. The minimum atomic E-state index is -0.409. The molecule has 0 spiro atoms. The van der Waals surface area contributed by atoms with Gasteiger partial charge in [-0.25, -0.2) is 4.79 Å². The van der Waals surface area contributed by atoms with Crippen LogP contribution in [0.4, 0.5) is 0 Å². The standard InChI is InChI=1S/C13H16O4/c1-4-16-13(14)8-10(2)17-12-7-5-6-11(9-12)15-3/h5-9H,4H2,1-3H3. The molecule has 0 unspecified atom stereocenters. The van der Waals surface area contributed by atoms with Crippen molar-refractivity contribution in [3.05, 3.63) is 36.1 Å². The van der Waals surface area contributed by atoms with Gasteiger partial charge in [-0.05, 0) is 26.0 Å². The van der Waals surface area contributed by atoms with Gasteiger partial charge in [-0.1, -0.05) is 6.07 Å². The van der Waals surface area contributed by atoms with Gasteiger partial charge in [-0.2, -0.15) is 0 Å². The Morgan fingerprint density at radius 3 is 2.71 bits per heavy atom. The average Bonchev–Trinajstić information content (AvgIpc) is 2.29. The van der Waals surface area contributed by atoms with Crippen LogP contribution in [0.3, 0.4) is 0 Å². The summed E-state index contributed by atoms with van der Waals surface area (Å²) in [5.41, 5.74) is 0. The number of rotatable bonds is 5. The van der Waals surface area contributed by atoms with Gasteiger partial charge in [0.1, 0.15) is 17.3 Å². The lowest BCUT2D eigenvalue weighted by atomic mass is 10.3. The van der Waals surface area contributed by atoms with Crippen molar-refractivity contribution in [3.63, 3.8) is 0 Å². The Morgan fingerprint density at radius 2 is 2.06 bits per heavy atom. The number of esters is 1. The maximum Gasteiger partial charge on any atom is 0.334 e. The highest BCUT2D eigenvalue weighted by molar-refractivity contribution is 5.82. The Hall–Kier alpha value is -1.97. The first-order valence-electron chi connectivity index (χ1n) is 5.32. The Labute approximate surface area is 101 Å². The van der Waals surface area contributed by atoms with Gasteiger partial charge in [-0.15, -0.1) is 0 Å². The highest BCUT2D eigenvalue weighted by Gasteiger charge is 2.01. The summed E-state index contributed by atoms with van der Waals surface area (Å²) in [5.74, 6) is 1.37. The van der Waals surface area contributed by atoms with Gasteiger partial charge in [0.15, 0.2) is 0 Å². The normalized spacial score (nSPS) is 10.9. The monoisotopic (exact) mass is 236 g/mol. The molecule has 1 aromatic carbocycles. The number of hydrogen-bond acceptors (Lipinski definition) is 4. The predicted octanol–water partition coefficient (Wildman–Crippen LogP) is 2.54. The zero-order valence-corrected chi connectivity index (χ0v) is 10.2. The third kappa shape index (κ3) is 4.59. The van der Waals surface area contributed by atoms with Gasteiger partial charge in [0, 0.05) is 6.07 Å². The molecule has 1 aromatic rings. The van der Waals surface area contributed by atoms with Gasteiger partial charge in [0.25, 0.3) is 0 Å². The summed E-state index contributed by atoms with van der Waals surface area (Å²) >= 11 is 0. The van der Waals surface area contributed by atoms with Gasteiger partial charge in [0.2, 0.25) is 0 Å². The van der Waals surface area contributed by atoms with Crippen molar-refractivity contribution in [1.29, 1.82) is 0 Å². The summed E-state index contributed by atoms with van der Waals surface area (Å²) < 4.78 is 15.3. The van der Waals surface area contributed by atoms with Gasteiger partial charge in [-0.3, -0.25) is 0 Å². The second-order valence-corrected chi connectivity index (χ2v) is 3.29. The fourth-order valence-corrected chi connectivity index (χ4v) is 1.23. The molecule has 4 nitrogen and oxygen atoms in total. The first-order valence-corrected chi connectivity index (χ1v) is 5.32. The van der Waals surface area contributed by atoms with E-state index in [1.807, 2.05) is 12.1 Å². The maximum atomic E-state index is 11.2. The summed E-state index contributed by atoms with van der Waals surface area (Å²) in [6.07, 6.45) is 1.31. The highest BCUT2D eigenvalue weighted by Crippen LogP contribution is 2.20. The molecule has 0 saturated carbocycles. The molecule has 0 fully saturated rings. The smallest absolute Gasteiger partial charge is 0.334 e. The fraction of sp³-hybridized carbons (Fsp3) is 0.308.